The number of nitrogens with zero attached hydrogens (tertiary/aromatic N) is 1. The van der Waals surface area contributed by atoms with Gasteiger partial charge in [-0.15, -0.1) is 0 Å². The van der Waals surface area contributed by atoms with E-state index < -0.39 is 0 Å². The van der Waals surface area contributed by atoms with Gasteiger partial charge < -0.3 is 4.57 Å². The molecule has 0 fully saturated rings. The molecule has 5 aromatic rings. The second kappa shape index (κ2) is 9.38. The third-order valence-corrected chi connectivity index (χ3v) is 8.40. The quantitative estimate of drug-likeness (QED) is 0.229. The summed E-state index contributed by atoms with van der Waals surface area (Å²) < 4.78 is 2.37. The van der Waals surface area contributed by atoms with Crippen LogP contribution in [0.3, 0.4) is 0 Å². The number of aryl methyl sites for hydroxylation is 2. The van der Waals surface area contributed by atoms with Gasteiger partial charge in [0.2, 0.25) is 0 Å². The highest BCUT2D eigenvalue weighted by Crippen LogP contribution is 2.43. The van der Waals surface area contributed by atoms with Crippen molar-refractivity contribution < 1.29 is 0 Å². The van der Waals surface area contributed by atoms with Crippen LogP contribution in [0.15, 0.2) is 91.0 Å². The Hall–Kier alpha value is -3.32. The molecule has 5 rings (SSSR count). The summed E-state index contributed by atoms with van der Waals surface area (Å²) in [5.74, 6) is 0.509. The number of hydrogen-bond acceptors (Lipinski definition) is 0. The first kappa shape index (κ1) is 23.4. The first-order valence-corrected chi connectivity index (χ1v) is 13.1. The molecular formula is C34H37N. The molecule has 0 N–H and O–H groups in total. The normalized spacial score (nSPS) is 14.3. The average molecular weight is 460 g/mol. The zero-order chi connectivity index (χ0) is 24.6. The number of para-hydroxylation sites is 1. The lowest BCUT2D eigenvalue weighted by Crippen LogP contribution is -2.31. The lowest BCUT2D eigenvalue weighted by molar-refractivity contribution is 0.486. The van der Waals surface area contributed by atoms with Crippen molar-refractivity contribution in [2.75, 3.05) is 0 Å². The predicted molar refractivity (Wildman–Crippen MR) is 152 cm³/mol. The van der Waals surface area contributed by atoms with E-state index in [-0.39, 0.29) is 5.41 Å². The van der Waals surface area contributed by atoms with Gasteiger partial charge in [0.05, 0.1) is 0 Å². The largest absolute Gasteiger partial charge is 0.344 e. The monoisotopic (exact) mass is 459 g/mol. The molecule has 0 saturated heterocycles. The maximum absolute atomic E-state index is 2.52. The van der Waals surface area contributed by atoms with Crippen LogP contribution in [0.1, 0.15) is 67.3 Å². The van der Waals surface area contributed by atoms with Crippen LogP contribution < -0.4 is 0 Å². The van der Waals surface area contributed by atoms with E-state index in [1.165, 1.54) is 49.6 Å². The fraction of sp³-hybridized carbons (Fsp3) is 0.294. The molecule has 0 spiro atoms. The molecular weight excluding hydrogens is 422 g/mol. The van der Waals surface area contributed by atoms with Gasteiger partial charge in [-0.05, 0) is 78.1 Å². The Morgan fingerprint density at radius 1 is 0.771 bits per heavy atom. The Morgan fingerprint density at radius 2 is 1.46 bits per heavy atom. The number of hydrogen-bond donors (Lipinski definition) is 0. The standard InChI is InChI=1S/C34H37N/c1-6-24(3)29-22-33-30(28-18-12-14-20-32(28)35(33)5)21-26(29)23-34(7-2,27-16-9-8-10-17-27)31-19-13-11-15-25(31)4/h8-22,24H,6-7,23H2,1-5H3. The molecule has 4 aromatic carbocycles. The minimum absolute atomic E-state index is 0.0763. The Labute approximate surface area is 210 Å². The van der Waals surface area contributed by atoms with Crippen molar-refractivity contribution in [2.45, 2.75) is 58.3 Å². The molecule has 1 heterocycles. The smallest absolute Gasteiger partial charge is 0.0491 e. The van der Waals surface area contributed by atoms with Crippen LogP contribution in [0.5, 0.6) is 0 Å². The van der Waals surface area contributed by atoms with Gasteiger partial charge >= 0.3 is 0 Å². The Morgan fingerprint density at radius 3 is 2.17 bits per heavy atom. The van der Waals surface area contributed by atoms with Gasteiger partial charge in [0.15, 0.2) is 0 Å². The van der Waals surface area contributed by atoms with Crippen molar-refractivity contribution in [3.63, 3.8) is 0 Å². The summed E-state index contributed by atoms with van der Waals surface area (Å²) >= 11 is 0. The highest BCUT2D eigenvalue weighted by atomic mass is 14.9. The van der Waals surface area contributed by atoms with Gasteiger partial charge in [-0.3, -0.25) is 0 Å². The van der Waals surface area contributed by atoms with Crippen molar-refractivity contribution >= 4 is 21.8 Å². The molecule has 1 nitrogen and oxygen atoms in total. The van der Waals surface area contributed by atoms with E-state index in [0.29, 0.717) is 5.92 Å². The fourth-order valence-electron chi connectivity index (χ4n) is 6.16. The van der Waals surface area contributed by atoms with Gasteiger partial charge in [0, 0.05) is 34.3 Å². The molecule has 0 aliphatic rings. The van der Waals surface area contributed by atoms with E-state index in [9.17, 15) is 0 Å². The molecule has 2 atom stereocenters. The Bertz CT molecular complexity index is 1470. The maximum atomic E-state index is 2.52. The van der Waals surface area contributed by atoms with Gasteiger partial charge in [0.25, 0.3) is 0 Å². The van der Waals surface area contributed by atoms with Crippen molar-refractivity contribution in [3.05, 3.63) is 119 Å². The molecule has 0 bridgehead atoms. The maximum Gasteiger partial charge on any atom is 0.0491 e. The van der Waals surface area contributed by atoms with Gasteiger partial charge in [-0.25, -0.2) is 0 Å². The van der Waals surface area contributed by atoms with Crippen molar-refractivity contribution in [1.29, 1.82) is 0 Å². The van der Waals surface area contributed by atoms with Crippen LogP contribution in [-0.4, -0.2) is 4.57 Å². The second-order valence-corrected chi connectivity index (χ2v) is 10.2. The SMILES string of the molecule is CCC(C)c1cc2c(cc1CC(CC)(c1ccccc1)c1ccccc1C)c1ccccc1n2C. The first-order valence-electron chi connectivity index (χ1n) is 13.1. The summed E-state index contributed by atoms with van der Waals surface area (Å²) in [7, 11) is 2.21. The van der Waals surface area contributed by atoms with Crippen molar-refractivity contribution in [1.82, 2.24) is 4.57 Å². The third kappa shape index (κ3) is 3.88. The number of fused-ring (bicyclic) bond motifs is 3. The van der Waals surface area contributed by atoms with E-state index in [4.69, 9.17) is 0 Å². The third-order valence-electron chi connectivity index (χ3n) is 8.40. The Balaban J connectivity index is 1.80. The molecule has 0 aliphatic carbocycles. The molecule has 178 valence electrons. The summed E-state index contributed by atoms with van der Waals surface area (Å²) in [4.78, 5) is 0. The molecule has 0 amide bonds. The van der Waals surface area contributed by atoms with Crippen molar-refractivity contribution in [2.24, 2.45) is 7.05 Å². The molecule has 0 aliphatic heterocycles. The number of aromatic nitrogens is 1. The summed E-state index contributed by atoms with van der Waals surface area (Å²) in [6, 6.07) is 34.0. The molecule has 1 heteroatoms. The van der Waals surface area contributed by atoms with Gasteiger partial charge in [-0.2, -0.15) is 0 Å². The molecule has 0 saturated carbocycles. The zero-order valence-corrected chi connectivity index (χ0v) is 21.8. The minimum Gasteiger partial charge on any atom is -0.344 e. The lowest BCUT2D eigenvalue weighted by atomic mass is 9.66. The van der Waals surface area contributed by atoms with E-state index in [0.717, 1.165) is 19.3 Å². The first-order chi connectivity index (χ1) is 17.0. The average Bonchev–Trinajstić information content (AvgIpc) is 3.18. The predicted octanol–water partition coefficient (Wildman–Crippen LogP) is 9.09. The van der Waals surface area contributed by atoms with Crippen molar-refractivity contribution in [3.8, 4) is 0 Å². The van der Waals surface area contributed by atoms with Crippen LogP contribution in [-0.2, 0) is 18.9 Å². The van der Waals surface area contributed by atoms with Crippen LogP contribution in [0, 0.1) is 6.92 Å². The fourth-order valence-corrected chi connectivity index (χ4v) is 6.16. The van der Waals surface area contributed by atoms with E-state index in [1.807, 2.05) is 0 Å². The summed E-state index contributed by atoms with van der Waals surface area (Å²) in [6.45, 7) is 9.33. The molecule has 35 heavy (non-hydrogen) atoms. The summed E-state index contributed by atoms with van der Waals surface area (Å²) in [5, 5.41) is 2.72. The van der Waals surface area contributed by atoms with E-state index in [1.54, 1.807) is 0 Å². The van der Waals surface area contributed by atoms with E-state index in [2.05, 4.69) is 130 Å². The highest BCUT2D eigenvalue weighted by molar-refractivity contribution is 6.08. The number of rotatable bonds is 7. The topological polar surface area (TPSA) is 4.93 Å². The highest BCUT2D eigenvalue weighted by Gasteiger charge is 2.35. The molecule has 0 radical (unpaired) electrons. The Kier molecular flexibility index (Phi) is 6.28. The second-order valence-electron chi connectivity index (χ2n) is 10.2. The van der Waals surface area contributed by atoms with Crippen LogP contribution in [0.4, 0.5) is 0 Å². The molecule has 2 unspecified atom stereocenters. The van der Waals surface area contributed by atoms with Crippen LogP contribution in [0.25, 0.3) is 21.8 Å². The van der Waals surface area contributed by atoms with Gasteiger partial charge in [-0.1, -0.05) is 93.6 Å². The molecule has 1 aromatic heterocycles. The number of benzene rings is 4. The summed E-state index contributed by atoms with van der Waals surface area (Å²) in [6.07, 6.45) is 3.18. The minimum atomic E-state index is -0.0763. The summed E-state index contributed by atoms with van der Waals surface area (Å²) in [5.41, 5.74) is 9.76. The van der Waals surface area contributed by atoms with E-state index >= 15 is 0 Å². The van der Waals surface area contributed by atoms with Crippen LogP contribution in [0.2, 0.25) is 0 Å². The van der Waals surface area contributed by atoms with Gasteiger partial charge in [0.1, 0.15) is 0 Å². The lowest BCUT2D eigenvalue weighted by Gasteiger charge is -2.37. The van der Waals surface area contributed by atoms with Crippen LogP contribution >= 0.6 is 0 Å². The zero-order valence-electron chi connectivity index (χ0n) is 21.8.